The maximum atomic E-state index is 12.6. The Morgan fingerprint density at radius 3 is 2.27 bits per heavy atom. The van der Waals surface area contributed by atoms with E-state index in [-0.39, 0.29) is 5.56 Å². The van der Waals surface area contributed by atoms with E-state index >= 15 is 0 Å². The fraction of sp³-hybridized carbons (Fsp3) is 0.300. The lowest BCUT2D eigenvalue weighted by Crippen LogP contribution is -2.12. The average molecular weight is 281 g/mol. The number of Topliss-reactive ketones (excluding diaryl/α,β-unsaturated/α-hetero) is 1. The van der Waals surface area contributed by atoms with Gasteiger partial charge in [0.05, 0.1) is 5.56 Å². The van der Waals surface area contributed by atoms with Crippen molar-refractivity contribution in [1.82, 2.24) is 0 Å². The third kappa shape index (κ3) is 2.59. The second-order valence-electron chi connectivity index (χ2n) is 3.20. The maximum absolute atomic E-state index is 12.6. The van der Waals surface area contributed by atoms with E-state index < -0.39 is 17.5 Å². The molecule has 0 radical (unpaired) electrons. The minimum absolute atomic E-state index is 0.306. The van der Waals surface area contributed by atoms with E-state index in [1.54, 1.807) is 6.92 Å². The Kier molecular flexibility index (Phi) is 3.23. The van der Waals surface area contributed by atoms with Crippen LogP contribution >= 0.6 is 15.9 Å². The summed E-state index contributed by atoms with van der Waals surface area (Å²) in [5.41, 5.74) is -0.733. The molecule has 1 nitrogen and oxygen atoms in total. The molecule has 1 aromatic rings. The third-order valence-electron chi connectivity index (χ3n) is 1.98. The summed E-state index contributed by atoms with van der Waals surface area (Å²) in [7, 11) is 0. The molecule has 0 atom stereocenters. The summed E-state index contributed by atoms with van der Waals surface area (Å²) in [6.45, 7) is 2.66. The van der Waals surface area contributed by atoms with E-state index in [9.17, 15) is 18.0 Å². The molecule has 0 aliphatic rings. The molecule has 0 unspecified atom stereocenters. The van der Waals surface area contributed by atoms with E-state index in [0.29, 0.717) is 10.0 Å². The Labute approximate surface area is 93.4 Å². The average Bonchev–Trinajstić information content (AvgIpc) is 2.06. The lowest BCUT2D eigenvalue weighted by molar-refractivity contribution is -0.137. The molecular weight excluding hydrogens is 273 g/mol. The number of hydrogen-bond donors (Lipinski definition) is 0. The van der Waals surface area contributed by atoms with Gasteiger partial charge in [-0.3, -0.25) is 4.79 Å². The number of hydrogen-bond acceptors (Lipinski definition) is 1. The molecule has 0 heterocycles. The van der Waals surface area contributed by atoms with Crippen molar-refractivity contribution in [1.29, 1.82) is 0 Å². The highest BCUT2D eigenvalue weighted by molar-refractivity contribution is 9.10. The zero-order chi connectivity index (χ0) is 11.8. The molecule has 0 spiro atoms. The van der Waals surface area contributed by atoms with E-state index in [0.717, 1.165) is 13.0 Å². The number of halogens is 4. The van der Waals surface area contributed by atoms with Gasteiger partial charge in [-0.1, -0.05) is 15.9 Å². The molecule has 82 valence electrons. The van der Waals surface area contributed by atoms with Crippen molar-refractivity contribution in [2.24, 2.45) is 0 Å². The Hall–Kier alpha value is -0.840. The highest BCUT2D eigenvalue weighted by Gasteiger charge is 2.34. The molecular formula is C10H8BrF3O. The van der Waals surface area contributed by atoms with Crippen LogP contribution in [0.1, 0.15) is 28.4 Å². The normalized spacial score (nSPS) is 11.6. The largest absolute Gasteiger partial charge is 0.417 e. The Morgan fingerprint density at radius 1 is 1.33 bits per heavy atom. The number of alkyl halides is 3. The zero-order valence-corrected chi connectivity index (χ0v) is 9.66. The molecule has 0 aromatic heterocycles. The summed E-state index contributed by atoms with van der Waals surface area (Å²) in [5, 5.41) is 0. The first-order valence-corrected chi connectivity index (χ1v) is 4.91. The molecule has 0 aliphatic heterocycles. The van der Waals surface area contributed by atoms with Gasteiger partial charge >= 0.3 is 6.18 Å². The van der Waals surface area contributed by atoms with Crippen LogP contribution in [0.5, 0.6) is 0 Å². The summed E-state index contributed by atoms with van der Waals surface area (Å²) >= 11 is 3.10. The van der Waals surface area contributed by atoms with Gasteiger partial charge in [0.25, 0.3) is 0 Å². The summed E-state index contributed by atoms with van der Waals surface area (Å²) < 4.78 is 38.2. The number of carbonyl (C=O) groups excluding carboxylic acids is 1. The minimum atomic E-state index is -4.49. The molecule has 0 saturated carbocycles. The molecule has 0 aliphatic carbocycles. The Balaban J connectivity index is 3.49. The predicted octanol–water partition coefficient (Wildman–Crippen LogP) is 3.98. The second-order valence-corrected chi connectivity index (χ2v) is 4.06. The van der Waals surface area contributed by atoms with E-state index in [4.69, 9.17) is 0 Å². The molecule has 5 heteroatoms. The molecule has 0 fully saturated rings. The lowest BCUT2D eigenvalue weighted by atomic mass is 10.0. The van der Waals surface area contributed by atoms with Crippen molar-refractivity contribution in [2.75, 3.05) is 0 Å². The van der Waals surface area contributed by atoms with E-state index in [1.807, 2.05) is 0 Å². The molecule has 0 amide bonds. The van der Waals surface area contributed by atoms with Gasteiger partial charge in [0.1, 0.15) is 0 Å². The van der Waals surface area contributed by atoms with Crippen molar-refractivity contribution in [3.05, 3.63) is 33.3 Å². The predicted molar refractivity (Wildman–Crippen MR) is 53.9 cm³/mol. The molecule has 0 saturated heterocycles. The van der Waals surface area contributed by atoms with E-state index in [1.165, 1.54) is 6.07 Å². The quantitative estimate of drug-likeness (QED) is 0.711. The molecule has 0 bridgehead atoms. The van der Waals surface area contributed by atoms with Gasteiger partial charge in [-0.25, -0.2) is 0 Å². The smallest absolute Gasteiger partial charge is 0.294 e. The van der Waals surface area contributed by atoms with Gasteiger partial charge in [-0.15, -0.1) is 0 Å². The number of carbonyl (C=O) groups is 1. The van der Waals surface area contributed by atoms with E-state index in [2.05, 4.69) is 15.9 Å². The van der Waals surface area contributed by atoms with Crippen LogP contribution in [0.2, 0.25) is 0 Å². The molecule has 15 heavy (non-hydrogen) atoms. The van der Waals surface area contributed by atoms with Crippen molar-refractivity contribution < 1.29 is 18.0 Å². The summed E-state index contributed by atoms with van der Waals surface area (Å²) in [6.07, 6.45) is -4.49. The van der Waals surface area contributed by atoms with Crippen molar-refractivity contribution >= 4 is 21.7 Å². The fourth-order valence-electron chi connectivity index (χ4n) is 1.21. The van der Waals surface area contributed by atoms with Crippen LogP contribution < -0.4 is 0 Å². The van der Waals surface area contributed by atoms with Crippen LogP contribution in [0.3, 0.4) is 0 Å². The Morgan fingerprint density at radius 2 is 1.87 bits per heavy atom. The second kappa shape index (κ2) is 3.96. The summed E-state index contributed by atoms with van der Waals surface area (Å²) in [5.74, 6) is -0.594. The van der Waals surface area contributed by atoms with Crippen LogP contribution in [-0.2, 0) is 6.18 Å². The first-order valence-electron chi connectivity index (χ1n) is 4.11. The highest BCUT2D eigenvalue weighted by Crippen LogP contribution is 2.35. The SMILES string of the molecule is CC(=O)c1cc(Br)c(C)cc1C(F)(F)F. The molecule has 1 rings (SSSR count). The van der Waals surface area contributed by atoms with Gasteiger partial charge in [-0.2, -0.15) is 13.2 Å². The van der Waals surface area contributed by atoms with Crippen molar-refractivity contribution in [3.63, 3.8) is 0 Å². The van der Waals surface area contributed by atoms with Crippen molar-refractivity contribution in [2.45, 2.75) is 20.0 Å². The maximum Gasteiger partial charge on any atom is 0.417 e. The van der Waals surface area contributed by atoms with Gasteiger partial charge in [0, 0.05) is 10.0 Å². The molecule has 1 aromatic carbocycles. The topological polar surface area (TPSA) is 17.1 Å². The molecule has 0 N–H and O–H groups in total. The zero-order valence-electron chi connectivity index (χ0n) is 8.07. The lowest BCUT2D eigenvalue weighted by Gasteiger charge is -2.12. The number of ketones is 1. The minimum Gasteiger partial charge on any atom is -0.294 e. The first kappa shape index (κ1) is 12.2. The Bertz CT molecular complexity index is 410. The third-order valence-corrected chi connectivity index (χ3v) is 2.84. The summed E-state index contributed by atoms with van der Waals surface area (Å²) in [4.78, 5) is 11.1. The highest BCUT2D eigenvalue weighted by atomic mass is 79.9. The van der Waals surface area contributed by atoms with Crippen LogP contribution in [0.25, 0.3) is 0 Å². The van der Waals surface area contributed by atoms with Gasteiger partial charge in [0.15, 0.2) is 5.78 Å². The number of rotatable bonds is 1. The first-order chi connectivity index (χ1) is 6.73. The number of benzene rings is 1. The van der Waals surface area contributed by atoms with Crippen LogP contribution in [-0.4, -0.2) is 5.78 Å². The van der Waals surface area contributed by atoms with Gasteiger partial charge in [0.2, 0.25) is 0 Å². The monoisotopic (exact) mass is 280 g/mol. The van der Waals surface area contributed by atoms with Gasteiger partial charge in [-0.05, 0) is 31.5 Å². The summed E-state index contributed by atoms with van der Waals surface area (Å²) in [6, 6.07) is 2.18. The standard InChI is InChI=1S/C10H8BrF3O/c1-5-3-8(10(12,13)14)7(6(2)15)4-9(5)11/h3-4H,1-2H3. The van der Waals surface area contributed by atoms with Crippen LogP contribution in [0.15, 0.2) is 16.6 Å². The van der Waals surface area contributed by atoms with Gasteiger partial charge < -0.3 is 0 Å². The number of aryl methyl sites for hydroxylation is 1. The van der Waals surface area contributed by atoms with Crippen LogP contribution in [0, 0.1) is 6.92 Å². The van der Waals surface area contributed by atoms with Crippen LogP contribution in [0.4, 0.5) is 13.2 Å². The van der Waals surface area contributed by atoms with Crippen molar-refractivity contribution in [3.8, 4) is 0 Å². The fourth-order valence-corrected chi connectivity index (χ4v) is 1.55.